The molecule has 1 fully saturated rings. The van der Waals surface area contributed by atoms with Crippen molar-refractivity contribution in [3.63, 3.8) is 0 Å². The predicted molar refractivity (Wildman–Crippen MR) is 76.2 cm³/mol. The molecule has 0 aliphatic carbocycles. The maximum Gasteiger partial charge on any atom is 0.401 e. The zero-order valence-corrected chi connectivity index (χ0v) is 12.2. The summed E-state index contributed by atoms with van der Waals surface area (Å²) < 4.78 is 37.1. The molecule has 21 heavy (non-hydrogen) atoms. The molecule has 0 bridgehead atoms. The minimum absolute atomic E-state index is 0.398. The zero-order chi connectivity index (χ0) is 15.5. The third kappa shape index (κ3) is 4.57. The molecule has 0 unspecified atom stereocenters. The van der Waals surface area contributed by atoms with Gasteiger partial charge in [-0.3, -0.25) is 4.90 Å². The molecule has 0 amide bonds. The number of rotatable bonds is 4. The molecule has 4 nitrogen and oxygen atoms in total. The molecule has 0 radical (unpaired) electrons. The van der Waals surface area contributed by atoms with E-state index in [1.54, 1.807) is 0 Å². The summed E-state index contributed by atoms with van der Waals surface area (Å²) in [4.78, 5) is 8.02. The summed E-state index contributed by atoms with van der Waals surface area (Å²) in [6.07, 6.45) is -3.32. The van der Waals surface area contributed by atoms with Gasteiger partial charge in [0.2, 0.25) is 0 Å². The summed E-state index contributed by atoms with van der Waals surface area (Å²) in [5, 5.41) is 0. The number of aromatic nitrogens is 1. The second-order valence-electron chi connectivity index (χ2n) is 5.26. The highest BCUT2D eigenvalue weighted by Gasteiger charge is 2.32. The molecule has 0 spiro atoms. The molecule has 1 aliphatic heterocycles. The number of nitrogens with zero attached hydrogens (tertiary/aromatic N) is 3. The van der Waals surface area contributed by atoms with E-state index >= 15 is 0 Å². The van der Waals surface area contributed by atoms with Crippen LogP contribution in [0.2, 0.25) is 0 Å². The Hall–Kier alpha value is -1.34. The van der Waals surface area contributed by atoms with Crippen LogP contribution in [0.1, 0.15) is 18.2 Å². The molecule has 2 rings (SSSR count). The zero-order valence-electron chi connectivity index (χ0n) is 12.2. The smallest absolute Gasteiger partial charge is 0.354 e. The summed E-state index contributed by atoms with van der Waals surface area (Å²) in [5.74, 6) is 0.821. The standard InChI is InChI=1S/C14H21F3N4/c1-2-12-7-11(9-18)8-13(19-12)21-5-3-20(4-6-21)10-14(15,16)17/h7-8H,2-6,9-10,18H2,1H3. The molecule has 1 aromatic rings. The maximum absolute atomic E-state index is 12.4. The number of hydrogen-bond donors (Lipinski definition) is 1. The number of halogens is 3. The van der Waals surface area contributed by atoms with Gasteiger partial charge in [-0.05, 0) is 24.1 Å². The number of nitrogens with two attached hydrogens (primary N) is 1. The number of hydrogen-bond acceptors (Lipinski definition) is 4. The van der Waals surface area contributed by atoms with E-state index in [2.05, 4.69) is 4.98 Å². The van der Waals surface area contributed by atoms with Crippen LogP contribution in [0.15, 0.2) is 12.1 Å². The second kappa shape index (κ2) is 6.62. The van der Waals surface area contributed by atoms with Crippen LogP contribution in [0.5, 0.6) is 0 Å². The van der Waals surface area contributed by atoms with Crippen LogP contribution in [-0.2, 0) is 13.0 Å². The minimum Gasteiger partial charge on any atom is -0.354 e. The number of anilines is 1. The van der Waals surface area contributed by atoms with Crippen molar-refractivity contribution >= 4 is 5.82 Å². The lowest BCUT2D eigenvalue weighted by Gasteiger charge is -2.35. The van der Waals surface area contributed by atoms with Gasteiger partial charge in [0.1, 0.15) is 5.82 Å². The van der Waals surface area contributed by atoms with Crippen LogP contribution in [0.25, 0.3) is 0 Å². The Morgan fingerprint density at radius 2 is 1.86 bits per heavy atom. The summed E-state index contributed by atoms with van der Waals surface area (Å²) in [7, 11) is 0. The predicted octanol–water partition coefficient (Wildman–Crippen LogP) is 1.79. The summed E-state index contributed by atoms with van der Waals surface area (Å²) in [5.41, 5.74) is 7.66. The first kappa shape index (κ1) is 16.0. The molecule has 118 valence electrons. The van der Waals surface area contributed by atoms with E-state index in [-0.39, 0.29) is 0 Å². The monoisotopic (exact) mass is 302 g/mol. The average Bonchev–Trinajstić information content (AvgIpc) is 2.45. The fraction of sp³-hybridized carbons (Fsp3) is 0.643. The Morgan fingerprint density at radius 1 is 1.19 bits per heavy atom. The van der Waals surface area contributed by atoms with E-state index in [0.29, 0.717) is 32.7 Å². The lowest BCUT2D eigenvalue weighted by molar-refractivity contribution is -0.146. The van der Waals surface area contributed by atoms with Crippen molar-refractivity contribution in [3.8, 4) is 0 Å². The van der Waals surface area contributed by atoms with Crippen LogP contribution in [0.4, 0.5) is 19.0 Å². The van der Waals surface area contributed by atoms with Gasteiger partial charge >= 0.3 is 6.18 Å². The number of pyridine rings is 1. The second-order valence-corrected chi connectivity index (χ2v) is 5.26. The topological polar surface area (TPSA) is 45.4 Å². The molecule has 1 aliphatic rings. The number of alkyl halides is 3. The van der Waals surface area contributed by atoms with Crippen molar-refractivity contribution < 1.29 is 13.2 Å². The van der Waals surface area contributed by atoms with E-state index in [1.807, 2.05) is 24.0 Å². The van der Waals surface area contributed by atoms with Crippen LogP contribution in [-0.4, -0.2) is 48.8 Å². The van der Waals surface area contributed by atoms with Gasteiger partial charge in [-0.25, -0.2) is 4.98 Å². The van der Waals surface area contributed by atoms with Crippen molar-refractivity contribution in [3.05, 3.63) is 23.4 Å². The highest BCUT2D eigenvalue weighted by atomic mass is 19.4. The molecular weight excluding hydrogens is 281 g/mol. The van der Waals surface area contributed by atoms with Crippen molar-refractivity contribution in [2.45, 2.75) is 26.1 Å². The molecule has 1 aromatic heterocycles. The van der Waals surface area contributed by atoms with Gasteiger partial charge in [-0.2, -0.15) is 13.2 Å². The van der Waals surface area contributed by atoms with Crippen LogP contribution < -0.4 is 10.6 Å². The van der Waals surface area contributed by atoms with Gasteiger partial charge in [0, 0.05) is 38.4 Å². The molecule has 1 saturated heterocycles. The summed E-state index contributed by atoms with van der Waals surface area (Å²) in [6.45, 7) is 3.53. The average molecular weight is 302 g/mol. The first-order valence-electron chi connectivity index (χ1n) is 7.15. The Kier molecular flexibility index (Phi) is 5.05. The van der Waals surface area contributed by atoms with Gasteiger partial charge in [0.05, 0.1) is 6.54 Å². The third-order valence-corrected chi connectivity index (χ3v) is 3.62. The fourth-order valence-corrected chi connectivity index (χ4v) is 2.48. The summed E-state index contributed by atoms with van der Waals surface area (Å²) >= 11 is 0. The first-order valence-corrected chi connectivity index (χ1v) is 7.15. The fourth-order valence-electron chi connectivity index (χ4n) is 2.48. The Bertz CT molecular complexity index is 446. The summed E-state index contributed by atoms with van der Waals surface area (Å²) in [6, 6.07) is 3.90. The maximum atomic E-state index is 12.4. The molecule has 0 saturated carbocycles. The Labute approximate surface area is 122 Å². The molecule has 2 N–H and O–H groups in total. The Morgan fingerprint density at radius 3 is 2.38 bits per heavy atom. The molecule has 7 heteroatoms. The number of aryl methyl sites for hydroxylation is 1. The highest BCUT2D eigenvalue weighted by molar-refractivity contribution is 5.43. The van der Waals surface area contributed by atoms with E-state index < -0.39 is 12.7 Å². The molecule has 0 atom stereocenters. The van der Waals surface area contributed by atoms with Crippen LogP contribution in [0, 0.1) is 0 Å². The highest BCUT2D eigenvalue weighted by Crippen LogP contribution is 2.20. The van der Waals surface area contributed by atoms with E-state index in [1.165, 1.54) is 4.90 Å². The molecule has 0 aromatic carbocycles. The van der Waals surface area contributed by atoms with E-state index in [9.17, 15) is 13.2 Å². The van der Waals surface area contributed by atoms with Crippen molar-refractivity contribution in [2.75, 3.05) is 37.6 Å². The quantitative estimate of drug-likeness (QED) is 0.921. The lowest BCUT2D eigenvalue weighted by atomic mass is 10.2. The SMILES string of the molecule is CCc1cc(CN)cc(N2CCN(CC(F)(F)F)CC2)n1. The van der Waals surface area contributed by atoms with Crippen LogP contribution >= 0.6 is 0 Å². The lowest BCUT2D eigenvalue weighted by Crippen LogP contribution is -2.49. The molecular formula is C14H21F3N4. The van der Waals surface area contributed by atoms with Gasteiger partial charge in [-0.15, -0.1) is 0 Å². The van der Waals surface area contributed by atoms with Crippen molar-refractivity contribution in [2.24, 2.45) is 5.73 Å². The van der Waals surface area contributed by atoms with E-state index in [0.717, 1.165) is 23.5 Å². The number of piperazine rings is 1. The largest absolute Gasteiger partial charge is 0.401 e. The van der Waals surface area contributed by atoms with Crippen LogP contribution in [0.3, 0.4) is 0 Å². The van der Waals surface area contributed by atoms with Gasteiger partial charge in [0.25, 0.3) is 0 Å². The third-order valence-electron chi connectivity index (χ3n) is 3.62. The van der Waals surface area contributed by atoms with Crippen molar-refractivity contribution in [1.82, 2.24) is 9.88 Å². The van der Waals surface area contributed by atoms with Gasteiger partial charge in [-0.1, -0.05) is 6.92 Å². The van der Waals surface area contributed by atoms with Crippen molar-refractivity contribution in [1.29, 1.82) is 0 Å². The normalized spacial score (nSPS) is 17.3. The molecule has 2 heterocycles. The first-order chi connectivity index (χ1) is 9.91. The van der Waals surface area contributed by atoms with Gasteiger partial charge in [0.15, 0.2) is 0 Å². The minimum atomic E-state index is -4.13. The Balaban J connectivity index is 2.02. The van der Waals surface area contributed by atoms with Gasteiger partial charge < -0.3 is 10.6 Å². The van der Waals surface area contributed by atoms with E-state index in [4.69, 9.17) is 5.73 Å².